The number of aryl methyl sites for hydroxylation is 1. The molecule has 3 aromatic rings. The van der Waals surface area contributed by atoms with Gasteiger partial charge in [0.1, 0.15) is 12.4 Å². The summed E-state index contributed by atoms with van der Waals surface area (Å²) in [7, 11) is -2.49. The number of nitrogens with two attached hydrogens (primary N) is 1. The summed E-state index contributed by atoms with van der Waals surface area (Å²) < 4.78 is 46.0. The van der Waals surface area contributed by atoms with Crippen LogP contribution in [0.25, 0.3) is 0 Å². The van der Waals surface area contributed by atoms with Gasteiger partial charge >= 0.3 is 0 Å². The molecule has 1 heterocycles. The van der Waals surface area contributed by atoms with E-state index in [1.165, 1.54) is 7.11 Å². The lowest BCUT2D eigenvalue weighted by Crippen LogP contribution is -2.18. The van der Waals surface area contributed by atoms with Crippen LogP contribution in [-0.2, 0) is 15.4 Å². The van der Waals surface area contributed by atoms with Gasteiger partial charge in [-0.3, -0.25) is 4.72 Å². The third kappa shape index (κ3) is 5.95. The average Bonchev–Trinajstić information content (AvgIpc) is 2.79. The molecule has 182 valence electrons. The SMILES string of the molecule is COc1ccccc1Oc1c(NS(=O)(=O)c2ccc(C(C)(C)C)cc2)nc(C)nc1OCCN. The van der Waals surface area contributed by atoms with E-state index in [2.05, 4.69) is 35.5 Å². The Labute approximate surface area is 200 Å². The van der Waals surface area contributed by atoms with E-state index in [-0.39, 0.29) is 40.9 Å². The van der Waals surface area contributed by atoms with E-state index in [1.54, 1.807) is 55.5 Å². The highest BCUT2D eigenvalue weighted by molar-refractivity contribution is 7.92. The normalized spacial score (nSPS) is 11.7. The van der Waals surface area contributed by atoms with Crippen LogP contribution < -0.4 is 24.7 Å². The molecule has 0 aliphatic carbocycles. The van der Waals surface area contributed by atoms with Crippen LogP contribution in [-0.4, -0.2) is 38.6 Å². The van der Waals surface area contributed by atoms with Crippen LogP contribution >= 0.6 is 0 Å². The first-order chi connectivity index (χ1) is 16.0. The smallest absolute Gasteiger partial charge is 0.263 e. The van der Waals surface area contributed by atoms with Crippen molar-refractivity contribution < 1.29 is 22.6 Å². The predicted molar refractivity (Wildman–Crippen MR) is 130 cm³/mol. The highest BCUT2D eigenvalue weighted by Gasteiger charge is 2.24. The quantitative estimate of drug-likeness (QED) is 0.464. The summed E-state index contributed by atoms with van der Waals surface area (Å²) in [5, 5.41) is 0. The topological polar surface area (TPSA) is 126 Å². The van der Waals surface area contributed by atoms with E-state index in [4.69, 9.17) is 19.9 Å². The fourth-order valence-electron chi connectivity index (χ4n) is 3.08. The molecule has 3 rings (SSSR count). The van der Waals surface area contributed by atoms with Crippen molar-refractivity contribution in [3.8, 4) is 23.1 Å². The van der Waals surface area contributed by atoms with Gasteiger partial charge in [-0.2, -0.15) is 4.98 Å². The fourth-order valence-corrected chi connectivity index (χ4v) is 4.09. The van der Waals surface area contributed by atoms with E-state index in [0.29, 0.717) is 17.3 Å². The minimum Gasteiger partial charge on any atom is -0.493 e. The van der Waals surface area contributed by atoms with Crippen LogP contribution in [0.15, 0.2) is 53.4 Å². The van der Waals surface area contributed by atoms with Crippen molar-refractivity contribution in [3.05, 3.63) is 59.9 Å². The number of nitrogens with one attached hydrogen (secondary N) is 1. The van der Waals surface area contributed by atoms with Gasteiger partial charge in [0.2, 0.25) is 5.75 Å². The number of aromatic nitrogens is 2. The maximum absolute atomic E-state index is 13.2. The number of para-hydroxylation sites is 2. The second-order valence-corrected chi connectivity index (χ2v) is 10.2. The Hall–Kier alpha value is -3.37. The second kappa shape index (κ2) is 10.3. The van der Waals surface area contributed by atoms with Crippen molar-refractivity contribution in [2.75, 3.05) is 25.0 Å². The zero-order valence-corrected chi connectivity index (χ0v) is 20.8. The number of rotatable bonds is 9. The van der Waals surface area contributed by atoms with Crippen molar-refractivity contribution in [3.63, 3.8) is 0 Å². The molecule has 0 bridgehead atoms. The van der Waals surface area contributed by atoms with E-state index < -0.39 is 10.0 Å². The summed E-state index contributed by atoms with van der Waals surface area (Å²) in [4.78, 5) is 8.64. The molecule has 0 fully saturated rings. The molecule has 0 aliphatic rings. The van der Waals surface area contributed by atoms with Gasteiger partial charge in [0.15, 0.2) is 17.3 Å². The second-order valence-electron chi connectivity index (χ2n) is 8.52. The molecule has 0 saturated heterocycles. The number of hydrogen-bond donors (Lipinski definition) is 2. The lowest BCUT2D eigenvalue weighted by molar-refractivity contribution is 0.294. The molecule has 9 nitrogen and oxygen atoms in total. The summed E-state index contributed by atoms with van der Waals surface area (Å²) in [6, 6.07) is 13.6. The van der Waals surface area contributed by atoms with Gasteiger partial charge in [-0.25, -0.2) is 13.4 Å². The van der Waals surface area contributed by atoms with Crippen LogP contribution in [0.3, 0.4) is 0 Å². The Kier molecular flexibility index (Phi) is 7.63. The Bertz CT molecular complexity index is 1240. The lowest BCUT2D eigenvalue weighted by Gasteiger charge is -2.20. The Morgan fingerprint density at radius 1 is 1.00 bits per heavy atom. The van der Waals surface area contributed by atoms with E-state index in [9.17, 15) is 8.42 Å². The molecular weight excluding hydrogens is 456 g/mol. The van der Waals surface area contributed by atoms with Crippen molar-refractivity contribution in [1.82, 2.24) is 9.97 Å². The largest absolute Gasteiger partial charge is 0.493 e. The van der Waals surface area contributed by atoms with Crippen molar-refractivity contribution in [2.45, 2.75) is 38.0 Å². The predicted octanol–water partition coefficient (Wildman–Crippen LogP) is 4.02. The third-order valence-corrected chi connectivity index (χ3v) is 6.20. The van der Waals surface area contributed by atoms with Gasteiger partial charge < -0.3 is 19.9 Å². The fraction of sp³-hybridized carbons (Fsp3) is 0.333. The highest BCUT2D eigenvalue weighted by atomic mass is 32.2. The van der Waals surface area contributed by atoms with E-state index >= 15 is 0 Å². The van der Waals surface area contributed by atoms with Crippen LogP contribution in [0, 0.1) is 6.92 Å². The minimum absolute atomic E-state index is 0.00145. The summed E-state index contributed by atoms with van der Waals surface area (Å²) in [5.74, 6) is 1.07. The molecule has 0 atom stereocenters. The van der Waals surface area contributed by atoms with Crippen molar-refractivity contribution >= 4 is 15.8 Å². The average molecular weight is 487 g/mol. The standard InChI is InChI=1S/C24H30N4O5S/c1-16-26-22(28-34(29,30)18-12-10-17(11-13-18)24(2,3)4)21(23(27-16)32-15-14-25)33-20-9-7-6-8-19(20)31-5/h6-13H,14-15,25H2,1-5H3,(H,26,27,28). The van der Waals surface area contributed by atoms with Crippen LogP contribution in [0.1, 0.15) is 32.2 Å². The summed E-state index contributed by atoms with van der Waals surface area (Å²) >= 11 is 0. The number of hydrogen-bond acceptors (Lipinski definition) is 8. The Morgan fingerprint density at radius 2 is 1.65 bits per heavy atom. The Morgan fingerprint density at radius 3 is 2.24 bits per heavy atom. The maximum atomic E-state index is 13.2. The number of nitrogens with zero attached hydrogens (tertiary/aromatic N) is 2. The molecule has 0 radical (unpaired) electrons. The maximum Gasteiger partial charge on any atom is 0.263 e. The molecule has 0 spiro atoms. The first kappa shape index (κ1) is 25.3. The molecule has 0 saturated carbocycles. The zero-order chi connectivity index (χ0) is 24.9. The van der Waals surface area contributed by atoms with Gasteiger partial charge in [0.25, 0.3) is 15.9 Å². The number of benzene rings is 2. The highest BCUT2D eigenvalue weighted by Crippen LogP contribution is 2.40. The van der Waals surface area contributed by atoms with Crippen LogP contribution in [0.5, 0.6) is 23.1 Å². The molecule has 3 N–H and O–H groups in total. The third-order valence-electron chi connectivity index (χ3n) is 4.85. The van der Waals surface area contributed by atoms with E-state index in [0.717, 1.165) is 5.56 Å². The summed E-state index contributed by atoms with van der Waals surface area (Å²) in [6.07, 6.45) is 0. The first-order valence-electron chi connectivity index (χ1n) is 10.7. The van der Waals surface area contributed by atoms with Crippen LogP contribution in [0.2, 0.25) is 0 Å². The number of sulfonamides is 1. The molecule has 10 heteroatoms. The zero-order valence-electron chi connectivity index (χ0n) is 20.0. The molecule has 2 aromatic carbocycles. The molecule has 1 aromatic heterocycles. The molecule has 0 unspecified atom stereocenters. The monoisotopic (exact) mass is 486 g/mol. The van der Waals surface area contributed by atoms with Gasteiger partial charge in [-0.1, -0.05) is 45.0 Å². The Balaban J connectivity index is 2.05. The lowest BCUT2D eigenvalue weighted by atomic mass is 9.87. The van der Waals surface area contributed by atoms with Crippen LogP contribution in [0.4, 0.5) is 5.82 Å². The number of methoxy groups -OCH3 is 1. The first-order valence-corrected chi connectivity index (χ1v) is 12.2. The van der Waals surface area contributed by atoms with Crippen molar-refractivity contribution in [2.24, 2.45) is 5.73 Å². The van der Waals surface area contributed by atoms with Gasteiger partial charge in [-0.05, 0) is 42.2 Å². The summed E-state index contributed by atoms with van der Waals surface area (Å²) in [6.45, 7) is 8.18. The molecule has 0 aliphatic heterocycles. The van der Waals surface area contributed by atoms with Crippen molar-refractivity contribution in [1.29, 1.82) is 0 Å². The molecular formula is C24H30N4O5S. The number of ether oxygens (including phenoxy) is 3. The summed E-state index contributed by atoms with van der Waals surface area (Å²) in [5.41, 5.74) is 6.49. The van der Waals surface area contributed by atoms with Gasteiger partial charge in [0, 0.05) is 6.54 Å². The van der Waals surface area contributed by atoms with Gasteiger partial charge in [-0.15, -0.1) is 0 Å². The van der Waals surface area contributed by atoms with Gasteiger partial charge in [0.05, 0.1) is 12.0 Å². The van der Waals surface area contributed by atoms with E-state index in [1.807, 2.05) is 0 Å². The molecule has 34 heavy (non-hydrogen) atoms. The number of anilines is 1. The molecule has 0 amide bonds. The minimum atomic E-state index is -3.99.